The SMILES string of the molecule is NC(N)=N[NH+]=Cc1ccccc1Cl. The van der Waals surface area contributed by atoms with Crippen molar-refractivity contribution in [3.05, 3.63) is 34.9 Å². The van der Waals surface area contributed by atoms with Crippen LogP contribution in [-0.2, 0) is 0 Å². The number of halogens is 1. The van der Waals surface area contributed by atoms with E-state index < -0.39 is 0 Å². The molecule has 0 aliphatic carbocycles. The Kier molecular flexibility index (Phi) is 3.28. The standard InChI is InChI=1S/C8H9ClN4/c9-7-4-2-1-3-6(7)5-12-13-8(10)11/h1-5H,(H4,10,11,13)/p+1. The lowest BCUT2D eigenvalue weighted by Crippen LogP contribution is -2.63. The van der Waals surface area contributed by atoms with Gasteiger partial charge in [-0.15, -0.1) is 5.10 Å². The van der Waals surface area contributed by atoms with Crippen molar-refractivity contribution in [2.45, 2.75) is 0 Å². The summed E-state index contributed by atoms with van der Waals surface area (Å²) < 4.78 is 0. The number of nitrogens with two attached hydrogens (primary N) is 2. The zero-order chi connectivity index (χ0) is 9.68. The minimum atomic E-state index is -0.0247. The van der Waals surface area contributed by atoms with E-state index in [4.69, 9.17) is 23.1 Å². The maximum Gasteiger partial charge on any atom is 0.256 e. The predicted molar refractivity (Wildman–Crippen MR) is 53.4 cm³/mol. The molecule has 0 spiro atoms. The smallest absolute Gasteiger partial charge is 0.256 e. The lowest BCUT2D eigenvalue weighted by molar-refractivity contribution is -0.456. The summed E-state index contributed by atoms with van der Waals surface area (Å²) in [4.78, 5) is 0. The highest BCUT2D eigenvalue weighted by Crippen LogP contribution is 2.10. The molecule has 4 nitrogen and oxygen atoms in total. The van der Waals surface area contributed by atoms with Gasteiger partial charge in [-0.3, -0.25) is 0 Å². The molecule has 0 bridgehead atoms. The highest BCUT2D eigenvalue weighted by molar-refractivity contribution is 6.32. The summed E-state index contributed by atoms with van der Waals surface area (Å²) in [7, 11) is 0. The Morgan fingerprint density at radius 1 is 1.38 bits per heavy atom. The summed E-state index contributed by atoms with van der Waals surface area (Å²) in [6.45, 7) is 0. The molecule has 5 heteroatoms. The van der Waals surface area contributed by atoms with Gasteiger partial charge < -0.3 is 11.5 Å². The molecule has 0 heterocycles. The number of rotatable bonds is 2. The van der Waals surface area contributed by atoms with E-state index in [0.29, 0.717) is 5.02 Å². The number of hydrogen-bond acceptors (Lipinski definition) is 1. The molecule has 0 aliphatic rings. The van der Waals surface area contributed by atoms with Gasteiger partial charge in [0, 0.05) is 5.10 Å². The van der Waals surface area contributed by atoms with E-state index in [2.05, 4.69) is 10.2 Å². The molecule has 0 atom stereocenters. The molecule has 13 heavy (non-hydrogen) atoms. The van der Waals surface area contributed by atoms with Crippen molar-refractivity contribution in [1.82, 2.24) is 0 Å². The first-order chi connectivity index (χ1) is 6.20. The number of nitrogens with one attached hydrogen (secondary N) is 1. The zero-order valence-corrected chi connectivity index (χ0v) is 7.62. The summed E-state index contributed by atoms with van der Waals surface area (Å²) in [6.07, 6.45) is 1.61. The second-order valence-electron chi connectivity index (χ2n) is 2.33. The van der Waals surface area contributed by atoms with Gasteiger partial charge >= 0.3 is 0 Å². The lowest BCUT2D eigenvalue weighted by Gasteiger charge is -1.90. The molecule has 5 N–H and O–H groups in total. The number of hydrazone groups is 1. The Morgan fingerprint density at radius 3 is 2.69 bits per heavy atom. The van der Waals surface area contributed by atoms with Crippen LogP contribution in [0.5, 0.6) is 0 Å². The molecule has 0 aromatic heterocycles. The fourth-order valence-corrected chi connectivity index (χ4v) is 0.959. The molecule has 0 saturated heterocycles. The Morgan fingerprint density at radius 2 is 2.08 bits per heavy atom. The molecular formula is C8H10ClN4+. The van der Waals surface area contributed by atoms with Gasteiger partial charge in [-0.25, -0.2) is 0 Å². The van der Waals surface area contributed by atoms with Crippen molar-refractivity contribution in [2.75, 3.05) is 0 Å². The zero-order valence-electron chi connectivity index (χ0n) is 6.87. The topological polar surface area (TPSA) is 78.4 Å². The number of benzene rings is 1. The maximum atomic E-state index is 5.86. The second kappa shape index (κ2) is 4.47. The van der Waals surface area contributed by atoms with Crippen LogP contribution in [0.25, 0.3) is 0 Å². The van der Waals surface area contributed by atoms with Crippen molar-refractivity contribution in [3.63, 3.8) is 0 Å². The Labute approximate surface area is 80.9 Å². The normalized spacial score (nSPS) is 10.2. The molecule has 1 aromatic rings. The van der Waals surface area contributed by atoms with Crippen LogP contribution in [0, 0.1) is 0 Å². The van der Waals surface area contributed by atoms with Gasteiger partial charge in [0.2, 0.25) is 6.21 Å². The average Bonchev–Trinajstić information content (AvgIpc) is 2.08. The first kappa shape index (κ1) is 9.54. The van der Waals surface area contributed by atoms with Crippen molar-refractivity contribution in [2.24, 2.45) is 16.6 Å². The number of nitrogens with zero attached hydrogens (tertiary/aromatic N) is 1. The van der Waals surface area contributed by atoms with Crippen molar-refractivity contribution in [3.8, 4) is 0 Å². The third kappa shape index (κ3) is 3.13. The highest BCUT2D eigenvalue weighted by Gasteiger charge is 1.96. The third-order valence-electron chi connectivity index (χ3n) is 1.32. The Hall–Kier alpha value is -1.55. The fraction of sp³-hybridized carbons (Fsp3) is 0. The summed E-state index contributed by atoms with van der Waals surface area (Å²) in [5.41, 5.74) is 11.0. The first-order valence-corrected chi connectivity index (χ1v) is 4.00. The molecule has 0 radical (unpaired) electrons. The largest absolute Gasteiger partial charge is 0.365 e. The van der Waals surface area contributed by atoms with Crippen LogP contribution in [-0.4, -0.2) is 12.2 Å². The van der Waals surface area contributed by atoms with Crippen LogP contribution in [0.4, 0.5) is 0 Å². The summed E-state index contributed by atoms with van der Waals surface area (Å²) in [6, 6.07) is 7.34. The van der Waals surface area contributed by atoms with Gasteiger partial charge in [-0.1, -0.05) is 23.7 Å². The van der Waals surface area contributed by atoms with Gasteiger partial charge in [-0.2, -0.15) is 0 Å². The predicted octanol–water partition coefficient (Wildman–Crippen LogP) is -0.972. The minimum Gasteiger partial charge on any atom is -0.365 e. The van der Waals surface area contributed by atoms with Gasteiger partial charge in [0.05, 0.1) is 10.6 Å². The number of guanidine groups is 1. The van der Waals surface area contributed by atoms with E-state index in [1.54, 1.807) is 12.3 Å². The van der Waals surface area contributed by atoms with Gasteiger partial charge in [0.25, 0.3) is 5.96 Å². The maximum absolute atomic E-state index is 5.86. The van der Waals surface area contributed by atoms with E-state index in [9.17, 15) is 0 Å². The fourth-order valence-electron chi connectivity index (χ4n) is 0.769. The molecular weight excluding hydrogens is 188 g/mol. The van der Waals surface area contributed by atoms with E-state index in [1.165, 1.54) is 0 Å². The lowest BCUT2D eigenvalue weighted by atomic mass is 10.2. The summed E-state index contributed by atoms with van der Waals surface area (Å²) in [5, 5.41) is 6.78. The summed E-state index contributed by atoms with van der Waals surface area (Å²) in [5.74, 6) is -0.0247. The van der Waals surface area contributed by atoms with Gasteiger partial charge in [-0.05, 0) is 12.1 Å². The minimum absolute atomic E-state index is 0.0247. The molecule has 1 aromatic carbocycles. The molecule has 0 saturated carbocycles. The average molecular weight is 198 g/mol. The number of hydrogen-bond donors (Lipinski definition) is 3. The third-order valence-corrected chi connectivity index (χ3v) is 1.66. The highest BCUT2D eigenvalue weighted by atomic mass is 35.5. The van der Waals surface area contributed by atoms with E-state index in [1.807, 2.05) is 18.2 Å². The second-order valence-corrected chi connectivity index (χ2v) is 2.74. The van der Waals surface area contributed by atoms with E-state index in [-0.39, 0.29) is 5.96 Å². The molecule has 0 fully saturated rings. The monoisotopic (exact) mass is 197 g/mol. The van der Waals surface area contributed by atoms with E-state index >= 15 is 0 Å². The van der Waals surface area contributed by atoms with Crippen LogP contribution < -0.4 is 16.6 Å². The van der Waals surface area contributed by atoms with Crippen LogP contribution in [0.2, 0.25) is 5.02 Å². The summed E-state index contributed by atoms with van der Waals surface area (Å²) >= 11 is 5.86. The van der Waals surface area contributed by atoms with Crippen LogP contribution >= 0.6 is 11.6 Å². The van der Waals surface area contributed by atoms with Crippen LogP contribution in [0.15, 0.2) is 29.4 Å². The molecule has 0 amide bonds. The van der Waals surface area contributed by atoms with Crippen LogP contribution in [0.1, 0.15) is 5.56 Å². The quantitative estimate of drug-likeness (QED) is 0.324. The van der Waals surface area contributed by atoms with E-state index in [0.717, 1.165) is 5.56 Å². The van der Waals surface area contributed by atoms with Gasteiger partial charge in [0.1, 0.15) is 0 Å². The van der Waals surface area contributed by atoms with Gasteiger partial charge in [0.15, 0.2) is 0 Å². The first-order valence-electron chi connectivity index (χ1n) is 3.62. The van der Waals surface area contributed by atoms with Crippen molar-refractivity contribution < 1.29 is 5.10 Å². The Bertz CT molecular complexity index is 342. The van der Waals surface area contributed by atoms with Crippen molar-refractivity contribution in [1.29, 1.82) is 0 Å². The molecule has 0 unspecified atom stereocenters. The molecule has 68 valence electrons. The van der Waals surface area contributed by atoms with Crippen molar-refractivity contribution >= 4 is 23.8 Å². The van der Waals surface area contributed by atoms with Crippen LogP contribution in [0.3, 0.4) is 0 Å². The molecule has 1 rings (SSSR count). The Balaban J connectivity index is 2.80. The molecule has 0 aliphatic heterocycles.